The summed E-state index contributed by atoms with van der Waals surface area (Å²) in [5, 5.41) is 0.365. The van der Waals surface area contributed by atoms with Gasteiger partial charge in [-0.25, -0.2) is 12.8 Å². The van der Waals surface area contributed by atoms with E-state index in [1.54, 1.807) is 17.0 Å². The predicted molar refractivity (Wildman–Crippen MR) is 123 cm³/mol. The number of halogens is 1. The Hall–Kier alpha value is -3.08. The number of sulfonamides is 1. The number of nitrogens with one attached hydrogen (secondary N) is 1. The summed E-state index contributed by atoms with van der Waals surface area (Å²) in [6.45, 7) is 1.42. The van der Waals surface area contributed by atoms with Gasteiger partial charge in [0.15, 0.2) is 0 Å². The molecule has 1 aromatic heterocycles. The average molecular weight is 486 g/mol. The van der Waals surface area contributed by atoms with Crippen molar-refractivity contribution in [3.8, 4) is 0 Å². The molecule has 0 spiro atoms. The first kappa shape index (κ1) is 22.7. The van der Waals surface area contributed by atoms with Crippen molar-refractivity contribution in [2.45, 2.75) is 30.3 Å². The van der Waals surface area contributed by atoms with Gasteiger partial charge in [-0.15, -0.1) is 0 Å². The third-order valence-corrected chi connectivity index (χ3v) is 8.06. The average Bonchev–Trinajstić information content (AvgIpc) is 3.68. The quantitative estimate of drug-likeness (QED) is 0.578. The highest BCUT2D eigenvalue weighted by Crippen LogP contribution is 2.31. The smallest absolute Gasteiger partial charge is 0.255 e. The van der Waals surface area contributed by atoms with E-state index in [0.717, 1.165) is 18.4 Å². The van der Waals surface area contributed by atoms with Crippen LogP contribution in [0.5, 0.6) is 0 Å². The van der Waals surface area contributed by atoms with Crippen LogP contribution in [0, 0.1) is 5.82 Å². The molecule has 178 valence electrons. The van der Waals surface area contributed by atoms with Crippen molar-refractivity contribution in [2.24, 2.45) is 0 Å². The van der Waals surface area contributed by atoms with Crippen molar-refractivity contribution in [1.29, 1.82) is 0 Å². The van der Waals surface area contributed by atoms with Crippen LogP contribution in [0.2, 0.25) is 0 Å². The summed E-state index contributed by atoms with van der Waals surface area (Å²) in [6, 6.07) is 11.6. The molecule has 2 fully saturated rings. The van der Waals surface area contributed by atoms with E-state index in [1.807, 2.05) is 0 Å². The standard InChI is InChI=1S/C24H24FN3O5S/c25-17-3-1-16(2-4-17)15-28(18-5-6-18)24(30)21-14-23(29)26-22-8-7-19(13-20(21)22)34(31,32)27-9-11-33-12-10-27/h1-4,7-8,13-14,18H,5-6,9-12,15H2,(H,26,29). The van der Waals surface area contributed by atoms with Crippen LogP contribution in [0.1, 0.15) is 28.8 Å². The Labute approximate surface area is 196 Å². The molecule has 1 amide bonds. The molecule has 2 aliphatic rings. The highest BCUT2D eigenvalue weighted by Gasteiger charge is 2.34. The Morgan fingerprint density at radius 1 is 1.09 bits per heavy atom. The minimum Gasteiger partial charge on any atom is -0.379 e. The lowest BCUT2D eigenvalue weighted by molar-refractivity contribution is 0.0730. The summed E-state index contributed by atoms with van der Waals surface area (Å²) in [5.41, 5.74) is 0.852. The minimum atomic E-state index is -3.78. The highest BCUT2D eigenvalue weighted by molar-refractivity contribution is 7.89. The van der Waals surface area contributed by atoms with E-state index in [1.165, 1.54) is 40.7 Å². The Morgan fingerprint density at radius 2 is 1.79 bits per heavy atom. The molecule has 0 unspecified atom stereocenters. The number of carbonyl (C=O) groups excluding carboxylic acids is 1. The van der Waals surface area contributed by atoms with E-state index < -0.39 is 15.6 Å². The van der Waals surface area contributed by atoms with Gasteiger partial charge in [-0.2, -0.15) is 4.31 Å². The largest absolute Gasteiger partial charge is 0.379 e. The Bertz CT molecular complexity index is 1390. The van der Waals surface area contributed by atoms with Gasteiger partial charge in [-0.05, 0) is 48.7 Å². The Morgan fingerprint density at radius 3 is 2.47 bits per heavy atom. The van der Waals surface area contributed by atoms with Crippen molar-refractivity contribution < 1.29 is 22.3 Å². The Kier molecular flexibility index (Phi) is 5.97. The fraction of sp³-hybridized carbons (Fsp3) is 0.333. The first-order valence-electron chi connectivity index (χ1n) is 11.1. The van der Waals surface area contributed by atoms with Crippen LogP contribution in [0.15, 0.2) is 58.2 Å². The molecule has 1 aliphatic heterocycles. The summed E-state index contributed by atoms with van der Waals surface area (Å²) in [4.78, 5) is 30.4. The van der Waals surface area contributed by atoms with Gasteiger partial charge >= 0.3 is 0 Å². The van der Waals surface area contributed by atoms with Crippen LogP contribution in [0.4, 0.5) is 4.39 Å². The molecule has 34 heavy (non-hydrogen) atoms. The molecule has 1 saturated heterocycles. The van der Waals surface area contributed by atoms with Gasteiger partial charge < -0.3 is 14.6 Å². The summed E-state index contributed by atoms with van der Waals surface area (Å²) in [5.74, 6) is -0.716. The van der Waals surface area contributed by atoms with Crippen LogP contribution >= 0.6 is 0 Å². The molecule has 1 saturated carbocycles. The van der Waals surface area contributed by atoms with Crippen molar-refractivity contribution in [3.63, 3.8) is 0 Å². The molecule has 8 nitrogen and oxygen atoms in total. The molecule has 2 heterocycles. The predicted octanol–water partition coefficient (Wildman–Crippen LogP) is 2.49. The van der Waals surface area contributed by atoms with Gasteiger partial charge in [-0.1, -0.05) is 12.1 Å². The van der Waals surface area contributed by atoms with Crippen LogP contribution in [-0.4, -0.2) is 60.9 Å². The maximum Gasteiger partial charge on any atom is 0.255 e. The number of aromatic nitrogens is 1. The molecule has 0 radical (unpaired) electrons. The molecular weight excluding hydrogens is 461 g/mol. The maximum absolute atomic E-state index is 13.6. The molecule has 1 aliphatic carbocycles. The topological polar surface area (TPSA) is 99.8 Å². The normalized spacial score (nSPS) is 17.1. The third kappa shape index (κ3) is 4.48. The van der Waals surface area contributed by atoms with Crippen molar-refractivity contribution >= 4 is 26.8 Å². The van der Waals surface area contributed by atoms with E-state index in [-0.39, 0.29) is 47.9 Å². The summed E-state index contributed by atoms with van der Waals surface area (Å²) in [6.07, 6.45) is 1.68. The third-order valence-electron chi connectivity index (χ3n) is 6.17. The van der Waals surface area contributed by atoms with Crippen molar-refractivity contribution in [2.75, 3.05) is 26.3 Å². The van der Waals surface area contributed by atoms with Crippen molar-refractivity contribution in [1.82, 2.24) is 14.2 Å². The summed E-state index contributed by atoms with van der Waals surface area (Å²) in [7, 11) is -3.78. The minimum absolute atomic E-state index is 0.0205. The molecule has 0 bridgehead atoms. The second kappa shape index (κ2) is 8.94. The Balaban J connectivity index is 1.54. The SMILES string of the molecule is O=C(c1cc(=O)[nH]c2ccc(S(=O)(=O)N3CCOCC3)cc12)N(Cc1ccc(F)cc1)C1CC1. The maximum atomic E-state index is 13.6. The summed E-state index contributed by atoms with van der Waals surface area (Å²) < 4.78 is 46.3. The monoisotopic (exact) mass is 485 g/mol. The van der Waals surface area contributed by atoms with Gasteiger partial charge in [0, 0.05) is 42.6 Å². The molecule has 0 atom stereocenters. The lowest BCUT2D eigenvalue weighted by Gasteiger charge is -2.26. The number of nitrogens with zero attached hydrogens (tertiary/aromatic N) is 2. The number of aromatic amines is 1. The number of H-pyrrole nitrogens is 1. The zero-order chi connectivity index (χ0) is 23.9. The van der Waals surface area contributed by atoms with E-state index in [4.69, 9.17) is 4.74 Å². The number of hydrogen-bond acceptors (Lipinski definition) is 5. The van der Waals surface area contributed by atoms with E-state index in [9.17, 15) is 22.4 Å². The number of carbonyl (C=O) groups is 1. The zero-order valence-electron chi connectivity index (χ0n) is 18.4. The molecular formula is C24H24FN3O5S. The van der Waals surface area contributed by atoms with Gasteiger partial charge in [0.25, 0.3) is 5.91 Å². The number of amides is 1. The number of morpholine rings is 1. The second-order valence-corrected chi connectivity index (χ2v) is 10.5. The van der Waals surface area contributed by atoms with Crippen molar-refractivity contribution in [3.05, 3.63) is 75.8 Å². The summed E-state index contributed by atoms with van der Waals surface area (Å²) >= 11 is 0. The fourth-order valence-corrected chi connectivity index (χ4v) is 5.64. The van der Waals surface area contributed by atoms with Crippen LogP contribution < -0.4 is 5.56 Å². The second-order valence-electron chi connectivity index (χ2n) is 8.56. The van der Waals surface area contributed by atoms with E-state index in [2.05, 4.69) is 4.98 Å². The lowest BCUT2D eigenvalue weighted by atomic mass is 10.1. The number of fused-ring (bicyclic) bond motifs is 1. The molecule has 10 heteroatoms. The van der Waals surface area contributed by atoms with Gasteiger partial charge in [0.2, 0.25) is 15.6 Å². The number of hydrogen-bond donors (Lipinski definition) is 1. The fourth-order valence-electron chi connectivity index (χ4n) is 4.20. The molecule has 2 aromatic carbocycles. The lowest BCUT2D eigenvalue weighted by Crippen LogP contribution is -2.40. The van der Waals surface area contributed by atoms with Crippen LogP contribution in [0.3, 0.4) is 0 Å². The zero-order valence-corrected chi connectivity index (χ0v) is 19.2. The molecule has 1 N–H and O–H groups in total. The number of benzene rings is 2. The van der Waals surface area contributed by atoms with E-state index in [0.29, 0.717) is 24.1 Å². The highest BCUT2D eigenvalue weighted by atomic mass is 32.2. The van der Waals surface area contributed by atoms with Gasteiger partial charge in [0.1, 0.15) is 5.82 Å². The number of ether oxygens (including phenoxy) is 1. The number of pyridine rings is 1. The molecule has 5 rings (SSSR count). The van der Waals surface area contributed by atoms with E-state index >= 15 is 0 Å². The van der Waals surface area contributed by atoms with Crippen LogP contribution in [-0.2, 0) is 21.3 Å². The van der Waals surface area contributed by atoms with Crippen LogP contribution in [0.25, 0.3) is 10.9 Å². The first-order chi connectivity index (χ1) is 16.3. The van der Waals surface area contributed by atoms with Gasteiger partial charge in [-0.3, -0.25) is 9.59 Å². The van der Waals surface area contributed by atoms with Gasteiger partial charge in [0.05, 0.1) is 23.7 Å². The first-order valence-corrected chi connectivity index (χ1v) is 12.6. The molecule has 3 aromatic rings. The number of rotatable bonds is 6.